The SMILES string of the molecule is CN(CCCCCO)c1ccc(N)cc1C(N)=O. The Morgan fingerprint density at radius 2 is 2.06 bits per heavy atom. The number of hydrogen-bond acceptors (Lipinski definition) is 4. The van der Waals surface area contributed by atoms with Crippen LogP contribution >= 0.6 is 0 Å². The molecule has 0 bridgehead atoms. The Kier molecular flexibility index (Phi) is 5.45. The second-order valence-corrected chi connectivity index (χ2v) is 4.35. The Hall–Kier alpha value is -1.75. The zero-order valence-electron chi connectivity index (χ0n) is 10.7. The van der Waals surface area contributed by atoms with Gasteiger partial charge in [-0.15, -0.1) is 0 Å². The number of aliphatic hydroxyl groups is 1. The molecule has 0 spiro atoms. The molecule has 0 radical (unpaired) electrons. The maximum Gasteiger partial charge on any atom is 0.250 e. The summed E-state index contributed by atoms with van der Waals surface area (Å²) in [5.74, 6) is -0.473. The molecule has 5 N–H and O–H groups in total. The van der Waals surface area contributed by atoms with E-state index in [9.17, 15) is 4.79 Å². The van der Waals surface area contributed by atoms with E-state index >= 15 is 0 Å². The van der Waals surface area contributed by atoms with Gasteiger partial charge in [-0.1, -0.05) is 0 Å². The molecule has 0 saturated carbocycles. The topological polar surface area (TPSA) is 92.6 Å². The van der Waals surface area contributed by atoms with Crippen LogP contribution in [0.4, 0.5) is 11.4 Å². The van der Waals surface area contributed by atoms with Crippen LogP contribution in [0.5, 0.6) is 0 Å². The lowest BCUT2D eigenvalue weighted by Crippen LogP contribution is -2.23. The fraction of sp³-hybridized carbons (Fsp3) is 0.462. The summed E-state index contributed by atoms with van der Waals surface area (Å²) < 4.78 is 0. The van der Waals surface area contributed by atoms with E-state index in [4.69, 9.17) is 16.6 Å². The quantitative estimate of drug-likeness (QED) is 0.497. The van der Waals surface area contributed by atoms with E-state index in [0.29, 0.717) is 11.3 Å². The number of carbonyl (C=O) groups excluding carboxylic acids is 1. The van der Waals surface area contributed by atoms with Gasteiger partial charge in [0.25, 0.3) is 5.91 Å². The number of aliphatic hydroxyl groups excluding tert-OH is 1. The average molecular weight is 251 g/mol. The molecule has 18 heavy (non-hydrogen) atoms. The highest BCUT2D eigenvalue weighted by Gasteiger charge is 2.11. The van der Waals surface area contributed by atoms with Crippen LogP contribution in [0.3, 0.4) is 0 Å². The summed E-state index contributed by atoms with van der Waals surface area (Å²) in [6.07, 6.45) is 2.72. The van der Waals surface area contributed by atoms with Crippen LogP contribution in [0.15, 0.2) is 18.2 Å². The molecule has 0 saturated heterocycles. The van der Waals surface area contributed by atoms with Crippen molar-refractivity contribution in [1.82, 2.24) is 0 Å². The fourth-order valence-corrected chi connectivity index (χ4v) is 1.84. The van der Waals surface area contributed by atoms with Crippen molar-refractivity contribution in [2.75, 3.05) is 30.8 Å². The Morgan fingerprint density at radius 1 is 1.33 bits per heavy atom. The van der Waals surface area contributed by atoms with Gasteiger partial charge in [0.05, 0.1) is 5.56 Å². The van der Waals surface area contributed by atoms with Crippen molar-refractivity contribution in [1.29, 1.82) is 0 Å². The lowest BCUT2D eigenvalue weighted by atomic mass is 10.1. The van der Waals surface area contributed by atoms with Gasteiger partial charge < -0.3 is 21.5 Å². The number of amides is 1. The molecule has 100 valence electrons. The molecule has 1 aromatic carbocycles. The first-order valence-electron chi connectivity index (χ1n) is 6.07. The van der Waals surface area contributed by atoms with E-state index in [-0.39, 0.29) is 6.61 Å². The summed E-state index contributed by atoms with van der Waals surface area (Å²) in [6.45, 7) is 1.03. The molecule has 1 amide bonds. The van der Waals surface area contributed by atoms with Crippen LogP contribution in [-0.4, -0.2) is 31.2 Å². The minimum atomic E-state index is -0.473. The number of hydrogen-bond donors (Lipinski definition) is 3. The number of benzene rings is 1. The highest BCUT2D eigenvalue weighted by molar-refractivity contribution is 5.99. The van der Waals surface area contributed by atoms with Crippen LogP contribution in [0.2, 0.25) is 0 Å². The Morgan fingerprint density at radius 3 is 2.67 bits per heavy atom. The lowest BCUT2D eigenvalue weighted by Gasteiger charge is -2.21. The molecule has 1 aromatic rings. The first-order valence-corrected chi connectivity index (χ1v) is 6.07. The number of nitrogens with zero attached hydrogens (tertiary/aromatic N) is 1. The van der Waals surface area contributed by atoms with Crippen molar-refractivity contribution < 1.29 is 9.90 Å². The maximum atomic E-state index is 11.4. The Balaban J connectivity index is 2.72. The number of primary amides is 1. The largest absolute Gasteiger partial charge is 0.399 e. The van der Waals surface area contributed by atoms with Gasteiger partial charge in [-0.05, 0) is 37.5 Å². The van der Waals surface area contributed by atoms with Crippen LogP contribution in [0.25, 0.3) is 0 Å². The normalized spacial score (nSPS) is 10.3. The average Bonchev–Trinajstić information content (AvgIpc) is 2.34. The highest BCUT2D eigenvalue weighted by atomic mass is 16.2. The molecule has 0 aliphatic carbocycles. The minimum absolute atomic E-state index is 0.220. The summed E-state index contributed by atoms with van der Waals surface area (Å²) in [5.41, 5.74) is 12.8. The van der Waals surface area contributed by atoms with Crippen LogP contribution < -0.4 is 16.4 Å². The zero-order chi connectivity index (χ0) is 13.5. The van der Waals surface area contributed by atoms with Crippen molar-refractivity contribution in [2.45, 2.75) is 19.3 Å². The van der Waals surface area contributed by atoms with Crippen LogP contribution in [0, 0.1) is 0 Å². The predicted octanol–water partition coefficient (Wildman–Crippen LogP) is 0.967. The monoisotopic (exact) mass is 251 g/mol. The first-order chi connectivity index (χ1) is 8.56. The Bertz CT molecular complexity index is 407. The van der Waals surface area contributed by atoms with Gasteiger partial charge in [0, 0.05) is 31.6 Å². The third-order valence-corrected chi connectivity index (χ3v) is 2.85. The fourth-order valence-electron chi connectivity index (χ4n) is 1.84. The van der Waals surface area contributed by atoms with E-state index < -0.39 is 5.91 Å². The molecule has 0 aliphatic rings. The minimum Gasteiger partial charge on any atom is -0.399 e. The van der Waals surface area contributed by atoms with Crippen LogP contribution in [0.1, 0.15) is 29.6 Å². The van der Waals surface area contributed by atoms with Gasteiger partial charge in [-0.3, -0.25) is 4.79 Å². The van der Waals surface area contributed by atoms with E-state index in [1.165, 1.54) is 0 Å². The summed E-state index contributed by atoms with van der Waals surface area (Å²) >= 11 is 0. The molecule has 0 fully saturated rings. The Labute approximate surface area is 107 Å². The number of carbonyl (C=O) groups is 1. The van der Waals surface area contributed by atoms with E-state index in [1.54, 1.807) is 12.1 Å². The van der Waals surface area contributed by atoms with Crippen molar-refractivity contribution in [2.24, 2.45) is 5.73 Å². The molecule has 0 heterocycles. The van der Waals surface area contributed by atoms with Crippen molar-refractivity contribution in [3.05, 3.63) is 23.8 Å². The molecule has 0 atom stereocenters. The van der Waals surface area contributed by atoms with E-state index in [0.717, 1.165) is 31.5 Å². The molecule has 5 nitrogen and oxygen atoms in total. The van der Waals surface area contributed by atoms with Gasteiger partial charge in [0.15, 0.2) is 0 Å². The van der Waals surface area contributed by atoms with E-state index in [1.807, 2.05) is 18.0 Å². The first kappa shape index (κ1) is 14.3. The molecule has 1 rings (SSSR count). The van der Waals surface area contributed by atoms with Gasteiger partial charge in [0.1, 0.15) is 0 Å². The van der Waals surface area contributed by atoms with Crippen molar-refractivity contribution in [3.63, 3.8) is 0 Å². The number of rotatable bonds is 7. The number of unbranched alkanes of at least 4 members (excludes halogenated alkanes) is 2. The smallest absolute Gasteiger partial charge is 0.250 e. The molecular weight excluding hydrogens is 230 g/mol. The summed E-state index contributed by atoms with van der Waals surface area (Å²) in [4.78, 5) is 13.3. The van der Waals surface area contributed by atoms with Gasteiger partial charge in [-0.25, -0.2) is 0 Å². The molecule has 0 aromatic heterocycles. The lowest BCUT2D eigenvalue weighted by molar-refractivity contribution is 0.100. The number of nitrogen functional groups attached to an aromatic ring is 1. The summed E-state index contributed by atoms with van der Waals surface area (Å²) in [5, 5.41) is 8.71. The second kappa shape index (κ2) is 6.86. The third kappa shape index (κ3) is 3.92. The third-order valence-electron chi connectivity index (χ3n) is 2.85. The highest BCUT2D eigenvalue weighted by Crippen LogP contribution is 2.22. The van der Waals surface area contributed by atoms with E-state index in [2.05, 4.69) is 0 Å². The molecule has 0 aliphatic heterocycles. The number of nitrogens with two attached hydrogens (primary N) is 2. The molecular formula is C13H21N3O2. The van der Waals surface area contributed by atoms with Crippen molar-refractivity contribution in [3.8, 4) is 0 Å². The predicted molar refractivity (Wildman–Crippen MR) is 73.6 cm³/mol. The molecule has 5 heteroatoms. The van der Waals surface area contributed by atoms with Crippen molar-refractivity contribution >= 4 is 17.3 Å². The zero-order valence-corrected chi connectivity index (χ0v) is 10.7. The molecule has 0 unspecified atom stereocenters. The second-order valence-electron chi connectivity index (χ2n) is 4.35. The van der Waals surface area contributed by atoms with Gasteiger partial charge in [-0.2, -0.15) is 0 Å². The number of anilines is 2. The summed E-state index contributed by atoms with van der Waals surface area (Å²) in [6, 6.07) is 5.16. The van der Waals surface area contributed by atoms with Gasteiger partial charge >= 0.3 is 0 Å². The summed E-state index contributed by atoms with van der Waals surface area (Å²) in [7, 11) is 1.91. The van der Waals surface area contributed by atoms with Gasteiger partial charge in [0.2, 0.25) is 0 Å². The maximum absolute atomic E-state index is 11.4. The van der Waals surface area contributed by atoms with Crippen LogP contribution in [-0.2, 0) is 0 Å². The standard InChI is InChI=1S/C13H21N3O2/c1-16(7-3-2-4-8-17)12-6-5-10(14)9-11(12)13(15)18/h5-6,9,17H,2-4,7-8,14H2,1H3,(H2,15,18).